The molecule has 15 heavy (non-hydrogen) atoms. The molecule has 1 rings (SSSR count). The summed E-state index contributed by atoms with van der Waals surface area (Å²) in [6, 6.07) is 10.5. The van der Waals surface area contributed by atoms with Crippen LogP contribution in [0.25, 0.3) is 0 Å². The van der Waals surface area contributed by atoms with E-state index in [-0.39, 0.29) is 0 Å². The molecule has 0 aromatic heterocycles. The van der Waals surface area contributed by atoms with Crippen molar-refractivity contribution < 1.29 is 0 Å². The Morgan fingerprint density at radius 3 is 2.53 bits per heavy atom. The first-order valence-electron chi connectivity index (χ1n) is 5.25. The van der Waals surface area contributed by atoms with Gasteiger partial charge in [0.25, 0.3) is 0 Å². The van der Waals surface area contributed by atoms with Crippen LogP contribution in [0.4, 0.5) is 0 Å². The number of hydrogen-bond donors (Lipinski definition) is 0. The molecule has 0 aliphatic carbocycles. The van der Waals surface area contributed by atoms with Gasteiger partial charge in [-0.1, -0.05) is 60.7 Å². The molecule has 0 unspecified atom stereocenters. The molecule has 0 saturated heterocycles. The molecule has 0 aliphatic heterocycles. The van der Waals surface area contributed by atoms with E-state index >= 15 is 0 Å². The van der Waals surface area contributed by atoms with Gasteiger partial charge < -0.3 is 0 Å². The zero-order valence-electron chi connectivity index (χ0n) is 8.97. The lowest BCUT2D eigenvalue weighted by Crippen LogP contribution is -1.80. The van der Waals surface area contributed by atoms with Crippen LogP contribution in [0, 0.1) is 6.42 Å². The first kappa shape index (κ1) is 11.5. The molecule has 0 aliphatic rings. The van der Waals surface area contributed by atoms with E-state index < -0.39 is 0 Å². The highest BCUT2D eigenvalue weighted by molar-refractivity contribution is 5.16. The first-order valence-corrected chi connectivity index (χ1v) is 5.25. The Balaban J connectivity index is 2.19. The van der Waals surface area contributed by atoms with Gasteiger partial charge in [-0.25, -0.2) is 0 Å². The summed E-state index contributed by atoms with van der Waals surface area (Å²) in [5.74, 6) is 0. The maximum atomic E-state index is 3.60. The molecule has 0 atom stereocenters. The van der Waals surface area contributed by atoms with Crippen molar-refractivity contribution >= 4 is 0 Å². The molecule has 0 amide bonds. The van der Waals surface area contributed by atoms with Crippen LogP contribution in [0.15, 0.2) is 67.3 Å². The van der Waals surface area contributed by atoms with Crippen molar-refractivity contribution in [1.29, 1.82) is 0 Å². The summed E-state index contributed by atoms with van der Waals surface area (Å²) in [5.41, 5.74) is 1.39. The van der Waals surface area contributed by atoms with Crippen molar-refractivity contribution in [3.8, 4) is 0 Å². The molecule has 0 heterocycles. The number of rotatable bonds is 6. The van der Waals surface area contributed by atoms with Crippen LogP contribution in [-0.4, -0.2) is 0 Å². The molecule has 1 aromatic rings. The fraction of sp³-hybridized carbons (Fsp3) is 0.133. The summed E-state index contributed by atoms with van der Waals surface area (Å²) in [4.78, 5) is 0. The Bertz CT molecular complexity index is 317. The monoisotopic (exact) mass is 197 g/mol. The highest BCUT2D eigenvalue weighted by Crippen LogP contribution is 2.02. The normalized spacial score (nSPS) is 11.2. The number of aryl methyl sites for hydroxylation is 1. The summed E-state index contributed by atoms with van der Waals surface area (Å²) >= 11 is 0. The van der Waals surface area contributed by atoms with Crippen molar-refractivity contribution in [2.75, 3.05) is 0 Å². The lowest BCUT2D eigenvalue weighted by atomic mass is 10.1. The minimum Gasteiger partial charge on any atom is -0.102 e. The number of hydrogen-bond acceptors (Lipinski definition) is 0. The molecule has 0 spiro atoms. The average Bonchev–Trinajstić information content (AvgIpc) is 2.29. The zero-order valence-corrected chi connectivity index (χ0v) is 8.97. The Kier molecular flexibility index (Phi) is 5.99. The minimum absolute atomic E-state index is 1.09. The van der Waals surface area contributed by atoms with E-state index in [4.69, 9.17) is 0 Å². The smallest absolute Gasteiger partial charge is 0.00446 e. The summed E-state index contributed by atoms with van der Waals surface area (Å²) in [6.45, 7) is 3.60. The van der Waals surface area contributed by atoms with Crippen molar-refractivity contribution in [3.63, 3.8) is 0 Å². The van der Waals surface area contributed by atoms with Crippen LogP contribution in [0.2, 0.25) is 0 Å². The molecule has 0 fully saturated rings. The summed E-state index contributed by atoms with van der Waals surface area (Å²) in [6.07, 6.45) is 14.1. The van der Waals surface area contributed by atoms with Crippen molar-refractivity contribution in [2.45, 2.75) is 12.8 Å². The molecule has 77 valence electrons. The maximum absolute atomic E-state index is 3.60. The molecule has 0 heteroatoms. The van der Waals surface area contributed by atoms with Gasteiger partial charge in [0.05, 0.1) is 0 Å². The summed E-state index contributed by atoms with van der Waals surface area (Å²) < 4.78 is 0. The first-order chi connectivity index (χ1) is 7.43. The van der Waals surface area contributed by atoms with Gasteiger partial charge in [0.2, 0.25) is 0 Å². The molecule has 0 nitrogen and oxygen atoms in total. The molecule has 0 saturated carbocycles. The molecule has 0 N–H and O–H groups in total. The zero-order chi connectivity index (χ0) is 10.8. The van der Waals surface area contributed by atoms with Crippen molar-refractivity contribution in [1.82, 2.24) is 0 Å². The molecule has 1 radical (unpaired) electrons. The van der Waals surface area contributed by atoms with E-state index in [0.29, 0.717) is 0 Å². The maximum Gasteiger partial charge on any atom is 0.00446 e. The third kappa shape index (κ3) is 5.69. The fourth-order valence-corrected chi connectivity index (χ4v) is 1.28. The molecule has 0 bridgehead atoms. The molecular weight excluding hydrogens is 180 g/mol. The Labute approximate surface area is 92.6 Å². The van der Waals surface area contributed by atoms with Gasteiger partial charge in [-0.15, -0.1) is 6.58 Å². The molecular formula is C15H17. The quantitative estimate of drug-likeness (QED) is 0.602. The van der Waals surface area contributed by atoms with Crippen LogP contribution >= 0.6 is 0 Å². The minimum atomic E-state index is 1.09. The number of allylic oxidation sites excluding steroid dienone is 5. The SMILES string of the molecule is C=C[CH]/C=C\C=C\CCc1ccccc1. The second kappa shape index (κ2) is 7.81. The van der Waals surface area contributed by atoms with Crippen LogP contribution in [0.3, 0.4) is 0 Å². The van der Waals surface area contributed by atoms with E-state index in [1.54, 1.807) is 6.08 Å². The largest absolute Gasteiger partial charge is 0.102 e. The highest BCUT2D eigenvalue weighted by atomic mass is 13.9. The third-order valence-electron chi connectivity index (χ3n) is 2.05. The Hall–Kier alpha value is -1.56. The summed E-state index contributed by atoms with van der Waals surface area (Å²) in [7, 11) is 0. The fourth-order valence-electron chi connectivity index (χ4n) is 1.28. The van der Waals surface area contributed by atoms with Gasteiger partial charge in [0.15, 0.2) is 0 Å². The predicted molar refractivity (Wildman–Crippen MR) is 67.5 cm³/mol. The predicted octanol–water partition coefficient (Wildman–Crippen LogP) is 4.12. The van der Waals surface area contributed by atoms with Gasteiger partial charge in [-0.3, -0.25) is 0 Å². The topological polar surface area (TPSA) is 0 Å². The van der Waals surface area contributed by atoms with Crippen LogP contribution < -0.4 is 0 Å². The van der Waals surface area contributed by atoms with Crippen molar-refractivity contribution in [3.05, 3.63) is 79.3 Å². The Morgan fingerprint density at radius 1 is 1.00 bits per heavy atom. The van der Waals surface area contributed by atoms with Gasteiger partial charge in [0, 0.05) is 6.42 Å². The van der Waals surface area contributed by atoms with E-state index in [1.807, 2.05) is 24.6 Å². The van der Waals surface area contributed by atoms with Gasteiger partial charge in [0.1, 0.15) is 0 Å². The second-order valence-electron chi connectivity index (χ2n) is 3.27. The molecule has 1 aromatic carbocycles. The summed E-state index contributed by atoms with van der Waals surface area (Å²) in [5, 5.41) is 0. The lowest BCUT2D eigenvalue weighted by molar-refractivity contribution is 1.00. The van der Waals surface area contributed by atoms with Crippen LogP contribution in [0.5, 0.6) is 0 Å². The van der Waals surface area contributed by atoms with E-state index in [9.17, 15) is 0 Å². The van der Waals surface area contributed by atoms with Crippen molar-refractivity contribution in [2.24, 2.45) is 0 Å². The third-order valence-corrected chi connectivity index (χ3v) is 2.05. The second-order valence-corrected chi connectivity index (χ2v) is 3.27. The van der Waals surface area contributed by atoms with Gasteiger partial charge >= 0.3 is 0 Å². The van der Waals surface area contributed by atoms with Gasteiger partial charge in [-0.05, 0) is 18.4 Å². The van der Waals surface area contributed by atoms with Crippen LogP contribution in [-0.2, 0) is 6.42 Å². The Morgan fingerprint density at radius 2 is 1.80 bits per heavy atom. The number of benzene rings is 1. The van der Waals surface area contributed by atoms with E-state index in [1.165, 1.54) is 5.56 Å². The highest BCUT2D eigenvalue weighted by Gasteiger charge is 1.86. The van der Waals surface area contributed by atoms with Crippen LogP contribution in [0.1, 0.15) is 12.0 Å². The van der Waals surface area contributed by atoms with E-state index in [0.717, 1.165) is 12.8 Å². The van der Waals surface area contributed by atoms with E-state index in [2.05, 4.69) is 43.0 Å². The standard InChI is InChI=1S/C15H17/c1-2-3-4-5-6-7-9-12-15-13-10-8-11-14-15/h2-8,10-11,13-14H,1,9,12H2/b5-4-,7-6+. The average molecular weight is 197 g/mol. The van der Waals surface area contributed by atoms with Gasteiger partial charge in [-0.2, -0.15) is 0 Å². The lowest BCUT2D eigenvalue weighted by Gasteiger charge is -1.95.